The Morgan fingerprint density at radius 3 is 2.59 bits per heavy atom. The summed E-state index contributed by atoms with van der Waals surface area (Å²) in [4.78, 5) is 11.5. The van der Waals surface area contributed by atoms with Gasteiger partial charge >= 0.3 is 5.97 Å². The maximum absolute atomic E-state index is 12.9. The van der Waals surface area contributed by atoms with Crippen molar-refractivity contribution in [2.75, 3.05) is 4.31 Å². The van der Waals surface area contributed by atoms with Gasteiger partial charge in [0.05, 0.1) is 5.69 Å². The highest BCUT2D eigenvalue weighted by atomic mass is 32.2. The average molecular weight is 321 g/mol. The van der Waals surface area contributed by atoms with E-state index < -0.39 is 22.0 Å². The van der Waals surface area contributed by atoms with Crippen LogP contribution in [0.5, 0.6) is 0 Å². The van der Waals surface area contributed by atoms with Crippen molar-refractivity contribution in [3.05, 3.63) is 47.4 Å². The van der Waals surface area contributed by atoms with E-state index in [1.54, 1.807) is 38.1 Å². The number of hydrogen-bond donors (Lipinski definition) is 1. The van der Waals surface area contributed by atoms with Crippen molar-refractivity contribution < 1.29 is 22.7 Å². The zero-order chi connectivity index (χ0) is 16.1. The summed E-state index contributed by atoms with van der Waals surface area (Å²) < 4.78 is 32.2. The van der Waals surface area contributed by atoms with Gasteiger partial charge in [0.2, 0.25) is 0 Å². The molecular weight excluding hydrogens is 306 g/mol. The molecule has 0 radical (unpaired) electrons. The Morgan fingerprint density at radius 1 is 1.32 bits per heavy atom. The number of carboxylic acid groups (broad SMARTS) is 1. The van der Waals surface area contributed by atoms with Crippen molar-refractivity contribution in [2.24, 2.45) is 0 Å². The Morgan fingerprint density at radius 2 is 2.00 bits per heavy atom. The molecule has 1 aliphatic heterocycles. The first kappa shape index (κ1) is 14.6. The van der Waals surface area contributed by atoms with E-state index in [0.717, 1.165) is 4.31 Å². The first-order chi connectivity index (χ1) is 10.3. The Labute approximate surface area is 128 Å². The fourth-order valence-electron chi connectivity index (χ4n) is 2.81. The van der Waals surface area contributed by atoms with Crippen LogP contribution in [0.2, 0.25) is 0 Å². The molecule has 2 aromatic rings. The number of para-hydroxylation sites is 1. The number of hydrogen-bond acceptors (Lipinski definition) is 4. The van der Waals surface area contributed by atoms with Gasteiger partial charge in [-0.15, -0.1) is 0 Å². The molecule has 2 heterocycles. The molecule has 1 atom stereocenters. The molecule has 0 fully saturated rings. The fourth-order valence-corrected chi connectivity index (χ4v) is 4.68. The van der Waals surface area contributed by atoms with E-state index >= 15 is 0 Å². The average Bonchev–Trinajstić information content (AvgIpc) is 2.99. The van der Waals surface area contributed by atoms with Gasteiger partial charge in [-0.25, -0.2) is 13.2 Å². The number of benzene rings is 1. The molecule has 0 amide bonds. The van der Waals surface area contributed by atoms with Gasteiger partial charge in [-0.05, 0) is 25.5 Å². The third-order valence-corrected chi connectivity index (χ3v) is 5.67. The van der Waals surface area contributed by atoms with Crippen LogP contribution in [-0.4, -0.2) is 25.5 Å². The lowest BCUT2D eigenvalue weighted by Gasteiger charge is -2.23. The molecule has 1 aromatic heterocycles. The minimum absolute atomic E-state index is 0.00736. The number of rotatable bonds is 3. The van der Waals surface area contributed by atoms with Gasteiger partial charge in [-0.3, -0.25) is 4.31 Å². The predicted octanol–water partition coefficient (Wildman–Crippen LogP) is 2.10. The van der Waals surface area contributed by atoms with Gasteiger partial charge < -0.3 is 9.52 Å². The molecule has 1 N–H and O–H groups in total. The van der Waals surface area contributed by atoms with Crippen LogP contribution in [0.1, 0.15) is 17.1 Å². The summed E-state index contributed by atoms with van der Waals surface area (Å²) in [6, 6.07) is 7.11. The predicted molar refractivity (Wildman–Crippen MR) is 79.4 cm³/mol. The Hall–Kier alpha value is -2.28. The lowest BCUT2D eigenvalue weighted by atomic mass is 10.1. The van der Waals surface area contributed by atoms with Gasteiger partial charge in [0.25, 0.3) is 10.0 Å². The van der Waals surface area contributed by atoms with Gasteiger partial charge in [-0.2, -0.15) is 0 Å². The maximum atomic E-state index is 12.9. The molecule has 116 valence electrons. The summed E-state index contributed by atoms with van der Waals surface area (Å²) in [6.45, 7) is 3.20. The first-order valence-electron chi connectivity index (χ1n) is 6.74. The molecule has 0 saturated carbocycles. The smallest absolute Gasteiger partial charge is 0.327 e. The second-order valence-corrected chi connectivity index (χ2v) is 7.05. The maximum Gasteiger partial charge on any atom is 0.327 e. The topological polar surface area (TPSA) is 87.8 Å². The largest absolute Gasteiger partial charge is 0.480 e. The second-order valence-electron chi connectivity index (χ2n) is 5.27. The van der Waals surface area contributed by atoms with Gasteiger partial charge in [0, 0.05) is 12.5 Å². The van der Waals surface area contributed by atoms with Crippen LogP contribution in [0.3, 0.4) is 0 Å². The van der Waals surface area contributed by atoms with Crippen molar-refractivity contribution in [1.82, 2.24) is 0 Å². The number of sulfonamides is 1. The summed E-state index contributed by atoms with van der Waals surface area (Å²) in [5.74, 6) is -0.445. The Balaban J connectivity index is 2.19. The molecule has 1 aromatic carbocycles. The number of aliphatic carboxylic acids is 1. The lowest BCUT2D eigenvalue weighted by molar-refractivity contribution is -0.138. The van der Waals surface area contributed by atoms with Crippen LogP contribution in [0.15, 0.2) is 39.6 Å². The third-order valence-electron chi connectivity index (χ3n) is 3.74. The minimum atomic E-state index is -4.00. The van der Waals surface area contributed by atoms with Crippen LogP contribution in [0, 0.1) is 13.8 Å². The normalized spacial score (nSPS) is 17.5. The number of anilines is 1. The van der Waals surface area contributed by atoms with E-state index in [1.165, 1.54) is 6.07 Å². The van der Waals surface area contributed by atoms with Crippen molar-refractivity contribution in [2.45, 2.75) is 31.2 Å². The highest BCUT2D eigenvalue weighted by molar-refractivity contribution is 7.93. The summed E-state index contributed by atoms with van der Waals surface area (Å²) in [6.07, 6.45) is 0.153. The molecule has 7 heteroatoms. The molecule has 0 unspecified atom stereocenters. The van der Waals surface area contributed by atoms with E-state index in [2.05, 4.69) is 0 Å². The number of nitrogens with zero attached hydrogens (tertiary/aromatic N) is 1. The van der Waals surface area contributed by atoms with Gasteiger partial charge in [0.15, 0.2) is 0 Å². The molecule has 3 rings (SSSR count). The monoisotopic (exact) mass is 321 g/mol. The van der Waals surface area contributed by atoms with E-state index in [9.17, 15) is 18.3 Å². The van der Waals surface area contributed by atoms with Gasteiger partial charge in [-0.1, -0.05) is 18.2 Å². The quantitative estimate of drug-likeness (QED) is 0.935. The Bertz CT molecular complexity index is 853. The lowest BCUT2D eigenvalue weighted by Crippen LogP contribution is -2.42. The summed E-state index contributed by atoms with van der Waals surface area (Å²) in [5, 5.41) is 9.41. The second kappa shape index (κ2) is 4.88. The number of furan rings is 1. The molecule has 0 saturated heterocycles. The minimum Gasteiger partial charge on any atom is -0.480 e. The molecule has 0 bridgehead atoms. The van der Waals surface area contributed by atoms with Gasteiger partial charge in [0.1, 0.15) is 22.5 Å². The van der Waals surface area contributed by atoms with E-state index in [-0.39, 0.29) is 17.1 Å². The number of aryl methyl sites for hydroxylation is 2. The van der Waals surface area contributed by atoms with Crippen LogP contribution in [-0.2, 0) is 21.2 Å². The molecular formula is C15H15NO5S. The Kier molecular flexibility index (Phi) is 3.25. The van der Waals surface area contributed by atoms with Crippen molar-refractivity contribution in [3.63, 3.8) is 0 Å². The third kappa shape index (κ3) is 2.09. The van der Waals surface area contributed by atoms with E-state index in [4.69, 9.17) is 4.42 Å². The van der Waals surface area contributed by atoms with E-state index in [1.807, 2.05) is 0 Å². The molecule has 0 spiro atoms. The van der Waals surface area contributed by atoms with Crippen LogP contribution in [0.4, 0.5) is 5.69 Å². The highest BCUT2D eigenvalue weighted by Crippen LogP contribution is 2.37. The number of carbonyl (C=O) groups is 1. The zero-order valence-corrected chi connectivity index (χ0v) is 12.9. The number of fused-ring (bicyclic) bond motifs is 1. The number of carboxylic acids is 1. The fraction of sp³-hybridized carbons (Fsp3) is 0.267. The summed E-state index contributed by atoms with van der Waals surface area (Å²) in [7, 11) is -4.00. The molecule has 1 aliphatic rings. The summed E-state index contributed by atoms with van der Waals surface area (Å²) >= 11 is 0. The molecule has 6 nitrogen and oxygen atoms in total. The van der Waals surface area contributed by atoms with Crippen molar-refractivity contribution >= 4 is 21.7 Å². The first-order valence-corrected chi connectivity index (χ1v) is 8.18. The SMILES string of the molecule is Cc1cc(S(=O)(=O)N2c3ccccc3C[C@H]2C(=O)O)c(C)o1. The van der Waals surface area contributed by atoms with E-state index in [0.29, 0.717) is 17.0 Å². The summed E-state index contributed by atoms with van der Waals surface area (Å²) in [5.41, 5.74) is 1.12. The molecule has 0 aliphatic carbocycles. The van der Waals surface area contributed by atoms with Crippen molar-refractivity contribution in [3.8, 4) is 0 Å². The van der Waals surface area contributed by atoms with Crippen LogP contribution in [0.25, 0.3) is 0 Å². The molecule has 22 heavy (non-hydrogen) atoms. The van der Waals surface area contributed by atoms with Crippen LogP contribution >= 0.6 is 0 Å². The standard InChI is InChI=1S/C15H15NO5S/c1-9-7-14(10(2)21-9)22(19,20)16-12-6-4-3-5-11(12)8-13(16)15(17)18/h3-7,13H,8H2,1-2H3,(H,17,18)/t13-/m0/s1. The van der Waals surface area contributed by atoms with Crippen molar-refractivity contribution in [1.29, 1.82) is 0 Å². The zero-order valence-electron chi connectivity index (χ0n) is 12.1. The van der Waals surface area contributed by atoms with Crippen LogP contribution < -0.4 is 4.31 Å². The highest BCUT2D eigenvalue weighted by Gasteiger charge is 2.43.